The van der Waals surface area contributed by atoms with Crippen LogP contribution in [0.1, 0.15) is 17.0 Å². The summed E-state index contributed by atoms with van der Waals surface area (Å²) < 4.78 is 3.24. The highest BCUT2D eigenvalue weighted by Gasteiger charge is 2.13. The lowest BCUT2D eigenvalue weighted by atomic mass is 10.2. The Hall–Kier alpha value is -2.67. The molecule has 24 heavy (non-hydrogen) atoms. The molecule has 2 heterocycles. The van der Waals surface area contributed by atoms with Crippen LogP contribution < -0.4 is 5.32 Å². The van der Waals surface area contributed by atoms with E-state index in [1.807, 2.05) is 37.3 Å². The van der Waals surface area contributed by atoms with Crippen LogP contribution in [0.15, 0.2) is 36.7 Å². The molecule has 0 spiro atoms. The minimum atomic E-state index is -0.255. The highest BCUT2D eigenvalue weighted by molar-refractivity contribution is 6.31. The van der Waals surface area contributed by atoms with E-state index in [9.17, 15) is 4.79 Å². The summed E-state index contributed by atoms with van der Waals surface area (Å²) in [5, 5.41) is 11.7. The summed E-state index contributed by atoms with van der Waals surface area (Å²) in [7, 11) is 0. The second-order valence-corrected chi connectivity index (χ2v) is 5.82. The van der Waals surface area contributed by atoms with E-state index in [0.29, 0.717) is 17.3 Å². The molecule has 124 valence electrons. The fraction of sp³-hybridized carbons (Fsp3) is 0.250. The predicted octanol–water partition coefficient (Wildman–Crippen LogP) is 2.43. The largest absolute Gasteiger partial charge is 0.292 e. The van der Waals surface area contributed by atoms with Gasteiger partial charge in [-0.25, -0.2) is 9.67 Å². The van der Waals surface area contributed by atoms with Crippen molar-refractivity contribution in [3.63, 3.8) is 0 Å². The van der Waals surface area contributed by atoms with Crippen molar-refractivity contribution in [2.75, 3.05) is 5.32 Å². The summed E-state index contributed by atoms with van der Waals surface area (Å²) in [5.74, 6) is 0.0123. The Kier molecular flexibility index (Phi) is 4.61. The molecular weight excluding hydrogens is 328 g/mol. The quantitative estimate of drug-likeness (QED) is 0.771. The van der Waals surface area contributed by atoms with Crippen LogP contribution >= 0.6 is 11.6 Å². The molecule has 3 rings (SSSR count). The normalized spacial score (nSPS) is 10.8. The molecule has 0 aliphatic carbocycles. The number of aryl methyl sites for hydroxylation is 1. The number of hydrogen-bond donors (Lipinski definition) is 1. The topological polar surface area (TPSA) is 77.6 Å². The van der Waals surface area contributed by atoms with E-state index in [2.05, 4.69) is 20.5 Å². The molecule has 2 aromatic heterocycles. The van der Waals surface area contributed by atoms with Gasteiger partial charge < -0.3 is 0 Å². The van der Waals surface area contributed by atoms with Crippen molar-refractivity contribution < 1.29 is 4.79 Å². The summed E-state index contributed by atoms with van der Waals surface area (Å²) in [6, 6.07) is 9.91. The Morgan fingerprint density at radius 1 is 1.21 bits per heavy atom. The van der Waals surface area contributed by atoms with Crippen molar-refractivity contribution in [3.8, 4) is 0 Å². The molecule has 0 bridgehead atoms. The van der Waals surface area contributed by atoms with E-state index in [4.69, 9.17) is 11.6 Å². The van der Waals surface area contributed by atoms with Crippen molar-refractivity contribution in [3.05, 3.63) is 58.6 Å². The first-order chi connectivity index (χ1) is 11.5. The average molecular weight is 345 g/mol. The lowest BCUT2D eigenvalue weighted by Gasteiger charge is -2.04. The Morgan fingerprint density at radius 3 is 2.62 bits per heavy atom. The van der Waals surface area contributed by atoms with E-state index in [-0.39, 0.29) is 18.4 Å². The maximum atomic E-state index is 12.1. The molecule has 1 N–H and O–H groups in total. The molecule has 0 fully saturated rings. The monoisotopic (exact) mass is 344 g/mol. The third kappa shape index (κ3) is 3.62. The lowest BCUT2D eigenvalue weighted by molar-refractivity contribution is -0.117. The van der Waals surface area contributed by atoms with Gasteiger partial charge in [-0.05, 0) is 19.4 Å². The molecule has 3 aromatic rings. The Bertz CT molecular complexity index is 855. The Morgan fingerprint density at radius 2 is 1.96 bits per heavy atom. The van der Waals surface area contributed by atoms with Crippen molar-refractivity contribution in [2.24, 2.45) is 0 Å². The molecule has 0 saturated heterocycles. The number of carbonyl (C=O) groups excluding carboxylic acids is 1. The highest BCUT2D eigenvalue weighted by Crippen LogP contribution is 2.18. The smallest absolute Gasteiger partial charge is 0.248 e. The first-order valence-electron chi connectivity index (χ1n) is 7.45. The molecular formula is C16H17ClN6O. The maximum Gasteiger partial charge on any atom is 0.248 e. The van der Waals surface area contributed by atoms with Crippen LogP contribution in [0.3, 0.4) is 0 Å². The van der Waals surface area contributed by atoms with Crippen molar-refractivity contribution >= 4 is 23.5 Å². The first kappa shape index (κ1) is 16.2. The van der Waals surface area contributed by atoms with Crippen LogP contribution in [0.4, 0.5) is 5.95 Å². The van der Waals surface area contributed by atoms with Crippen LogP contribution in [0.25, 0.3) is 0 Å². The zero-order chi connectivity index (χ0) is 17.1. The first-order valence-corrected chi connectivity index (χ1v) is 7.83. The summed E-state index contributed by atoms with van der Waals surface area (Å²) >= 11 is 6.08. The SMILES string of the molecule is Cc1nn(CC(=O)Nc2ncn(Cc3ccccc3)n2)c(C)c1Cl. The summed E-state index contributed by atoms with van der Waals surface area (Å²) in [5.41, 5.74) is 2.57. The fourth-order valence-corrected chi connectivity index (χ4v) is 2.46. The van der Waals surface area contributed by atoms with Gasteiger partial charge in [0.25, 0.3) is 0 Å². The molecule has 8 heteroatoms. The maximum absolute atomic E-state index is 12.1. The Balaban J connectivity index is 1.62. The van der Waals surface area contributed by atoms with Gasteiger partial charge in [0.05, 0.1) is 23.0 Å². The number of aromatic nitrogens is 5. The molecule has 7 nitrogen and oxygen atoms in total. The number of rotatable bonds is 5. The van der Waals surface area contributed by atoms with Gasteiger partial charge in [-0.2, -0.15) is 5.10 Å². The standard InChI is InChI=1S/C16H17ClN6O/c1-11-15(17)12(2)23(20-11)9-14(24)19-16-18-10-22(21-16)8-13-6-4-3-5-7-13/h3-7,10H,8-9H2,1-2H3,(H,19,21,24). The van der Waals surface area contributed by atoms with Gasteiger partial charge in [0, 0.05) is 0 Å². The van der Waals surface area contributed by atoms with Gasteiger partial charge in [0.15, 0.2) is 0 Å². The van der Waals surface area contributed by atoms with Crippen LogP contribution in [-0.2, 0) is 17.9 Å². The minimum absolute atomic E-state index is 0.0621. The second kappa shape index (κ2) is 6.84. The number of nitrogens with zero attached hydrogens (tertiary/aromatic N) is 5. The van der Waals surface area contributed by atoms with E-state index >= 15 is 0 Å². The molecule has 1 aromatic carbocycles. The highest BCUT2D eigenvalue weighted by atomic mass is 35.5. The van der Waals surface area contributed by atoms with E-state index in [0.717, 1.165) is 11.3 Å². The van der Waals surface area contributed by atoms with Gasteiger partial charge >= 0.3 is 0 Å². The van der Waals surface area contributed by atoms with Crippen molar-refractivity contribution in [2.45, 2.75) is 26.9 Å². The fourth-order valence-electron chi connectivity index (χ4n) is 2.33. The third-order valence-electron chi connectivity index (χ3n) is 3.56. The predicted molar refractivity (Wildman–Crippen MR) is 90.9 cm³/mol. The van der Waals surface area contributed by atoms with E-state index in [1.165, 1.54) is 0 Å². The third-order valence-corrected chi connectivity index (χ3v) is 4.11. The number of anilines is 1. The molecule has 0 aliphatic rings. The van der Waals surface area contributed by atoms with Crippen molar-refractivity contribution in [1.29, 1.82) is 0 Å². The van der Waals surface area contributed by atoms with Gasteiger partial charge in [-0.1, -0.05) is 41.9 Å². The molecule has 0 atom stereocenters. The van der Waals surface area contributed by atoms with Gasteiger partial charge in [0.1, 0.15) is 12.9 Å². The van der Waals surface area contributed by atoms with Crippen LogP contribution in [0.5, 0.6) is 0 Å². The van der Waals surface area contributed by atoms with Crippen LogP contribution in [0.2, 0.25) is 5.02 Å². The van der Waals surface area contributed by atoms with Crippen LogP contribution in [0, 0.1) is 13.8 Å². The summed E-state index contributed by atoms with van der Waals surface area (Å²) in [6.45, 7) is 4.28. The van der Waals surface area contributed by atoms with Gasteiger partial charge in [-0.15, -0.1) is 5.10 Å². The molecule has 0 unspecified atom stereocenters. The number of nitrogens with one attached hydrogen (secondary N) is 1. The number of benzene rings is 1. The molecule has 0 aliphatic heterocycles. The Labute approximate surface area is 144 Å². The second-order valence-electron chi connectivity index (χ2n) is 5.44. The number of carbonyl (C=O) groups is 1. The van der Waals surface area contributed by atoms with E-state index < -0.39 is 0 Å². The number of halogens is 1. The molecule has 1 amide bonds. The molecule has 0 saturated carbocycles. The number of hydrogen-bond acceptors (Lipinski definition) is 4. The molecule has 0 radical (unpaired) electrons. The zero-order valence-electron chi connectivity index (χ0n) is 13.4. The minimum Gasteiger partial charge on any atom is -0.292 e. The summed E-state index contributed by atoms with van der Waals surface area (Å²) in [6.07, 6.45) is 1.59. The van der Waals surface area contributed by atoms with Gasteiger partial charge in [0.2, 0.25) is 11.9 Å². The lowest BCUT2D eigenvalue weighted by Crippen LogP contribution is -2.21. The average Bonchev–Trinajstić information content (AvgIpc) is 3.09. The summed E-state index contributed by atoms with van der Waals surface area (Å²) in [4.78, 5) is 16.2. The van der Waals surface area contributed by atoms with Crippen molar-refractivity contribution in [1.82, 2.24) is 24.5 Å². The zero-order valence-corrected chi connectivity index (χ0v) is 14.2. The van der Waals surface area contributed by atoms with E-state index in [1.54, 1.807) is 22.6 Å². The van der Waals surface area contributed by atoms with Crippen LogP contribution in [-0.4, -0.2) is 30.5 Å². The number of amides is 1. The van der Waals surface area contributed by atoms with Gasteiger partial charge in [-0.3, -0.25) is 14.8 Å².